The summed E-state index contributed by atoms with van der Waals surface area (Å²) in [4.78, 5) is 14.8. The topological polar surface area (TPSA) is 42.0 Å². The van der Waals surface area contributed by atoms with Crippen LogP contribution in [0.5, 0.6) is 0 Å². The molecule has 1 aromatic rings. The van der Waals surface area contributed by atoms with Crippen LogP contribution in [0, 0.1) is 6.92 Å². The van der Waals surface area contributed by atoms with Crippen LogP contribution < -0.4 is 5.32 Å². The van der Waals surface area contributed by atoms with Crippen molar-refractivity contribution in [1.82, 2.24) is 4.98 Å². The summed E-state index contributed by atoms with van der Waals surface area (Å²) < 4.78 is 0. The molecular weight excluding hydrogens is 152 g/mol. The lowest BCUT2D eigenvalue weighted by atomic mass is 10.3. The first-order chi connectivity index (χ1) is 5.72. The molecule has 1 N–H and O–H groups in total. The van der Waals surface area contributed by atoms with E-state index in [0.717, 1.165) is 5.56 Å². The number of nitrogens with zero attached hydrogens (tertiary/aromatic N) is 1. The van der Waals surface area contributed by atoms with Gasteiger partial charge < -0.3 is 5.32 Å². The first kappa shape index (κ1) is 8.46. The Morgan fingerprint density at radius 3 is 3.08 bits per heavy atom. The number of aromatic nitrogens is 1. The van der Waals surface area contributed by atoms with Gasteiger partial charge in [0.05, 0.1) is 0 Å². The highest BCUT2D eigenvalue weighted by Crippen LogP contribution is 2.04. The summed E-state index contributed by atoms with van der Waals surface area (Å²) in [5, 5.41) is 2.56. The van der Waals surface area contributed by atoms with Crippen LogP contribution in [0.1, 0.15) is 5.56 Å². The average Bonchev–Trinajstić information content (AvgIpc) is 2.04. The highest BCUT2D eigenvalue weighted by molar-refractivity contribution is 5.98. The number of aryl methyl sites for hydroxylation is 1. The van der Waals surface area contributed by atoms with Crippen molar-refractivity contribution < 1.29 is 4.79 Å². The summed E-state index contributed by atoms with van der Waals surface area (Å²) in [6.07, 6.45) is 2.86. The standard InChI is InChI=1S/C9H10N2O/c1-3-9(12)11-8-6-7(2)4-5-10-8/h3-6H,1H2,2H3,(H,10,11,12). The molecule has 0 saturated heterocycles. The summed E-state index contributed by atoms with van der Waals surface area (Å²) in [5.41, 5.74) is 1.06. The zero-order valence-electron chi connectivity index (χ0n) is 6.87. The lowest BCUT2D eigenvalue weighted by Gasteiger charge is -2.00. The van der Waals surface area contributed by atoms with E-state index in [4.69, 9.17) is 0 Å². The molecule has 1 amide bonds. The van der Waals surface area contributed by atoms with Crippen molar-refractivity contribution in [3.05, 3.63) is 36.5 Å². The molecule has 0 bridgehead atoms. The van der Waals surface area contributed by atoms with Crippen LogP contribution in [0.3, 0.4) is 0 Å². The minimum Gasteiger partial charge on any atom is -0.307 e. The van der Waals surface area contributed by atoms with Gasteiger partial charge in [0.1, 0.15) is 5.82 Å². The molecule has 0 atom stereocenters. The zero-order chi connectivity index (χ0) is 8.97. The van der Waals surface area contributed by atoms with E-state index < -0.39 is 0 Å². The fraction of sp³-hybridized carbons (Fsp3) is 0.111. The predicted molar refractivity (Wildman–Crippen MR) is 47.8 cm³/mol. The van der Waals surface area contributed by atoms with Crippen LogP contribution in [-0.4, -0.2) is 10.9 Å². The average molecular weight is 162 g/mol. The zero-order valence-corrected chi connectivity index (χ0v) is 6.87. The van der Waals surface area contributed by atoms with Crippen LogP contribution in [0.25, 0.3) is 0 Å². The van der Waals surface area contributed by atoms with E-state index in [9.17, 15) is 4.79 Å². The number of hydrogen-bond acceptors (Lipinski definition) is 2. The third-order valence-corrected chi connectivity index (χ3v) is 1.35. The molecule has 0 aliphatic heterocycles. The fourth-order valence-corrected chi connectivity index (χ4v) is 0.782. The van der Waals surface area contributed by atoms with Gasteiger partial charge in [-0.15, -0.1) is 0 Å². The quantitative estimate of drug-likeness (QED) is 0.670. The van der Waals surface area contributed by atoms with Crippen molar-refractivity contribution in [3.63, 3.8) is 0 Å². The maximum Gasteiger partial charge on any atom is 0.248 e. The van der Waals surface area contributed by atoms with Crippen LogP contribution in [0.2, 0.25) is 0 Å². The molecule has 1 rings (SSSR count). The van der Waals surface area contributed by atoms with Gasteiger partial charge in [-0.2, -0.15) is 0 Å². The van der Waals surface area contributed by atoms with Gasteiger partial charge in [-0.1, -0.05) is 6.58 Å². The molecule has 0 unspecified atom stereocenters. The van der Waals surface area contributed by atoms with Gasteiger partial charge in [-0.05, 0) is 30.7 Å². The van der Waals surface area contributed by atoms with E-state index in [1.165, 1.54) is 6.08 Å². The summed E-state index contributed by atoms with van der Waals surface area (Å²) in [6, 6.07) is 3.66. The van der Waals surface area contributed by atoms with Crippen LogP contribution in [0.4, 0.5) is 5.82 Å². The predicted octanol–water partition coefficient (Wildman–Crippen LogP) is 1.51. The van der Waals surface area contributed by atoms with Gasteiger partial charge in [0.25, 0.3) is 0 Å². The first-order valence-electron chi connectivity index (χ1n) is 3.58. The van der Waals surface area contributed by atoms with E-state index in [1.54, 1.807) is 12.3 Å². The summed E-state index contributed by atoms with van der Waals surface area (Å²) in [6.45, 7) is 5.28. The van der Waals surface area contributed by atoms with Crippen LogP contribution in [-0.2, 0) is 4.79 Å². The SMILES string of the molecule is C=CC(=O)Nc1cc(C)ccn1. The molecule has 3 heteroatoms. The monoisotopic (exact) mass is 162 g/mol. The maximum absolute atomic E-state index is 10.8. The van der Waals surface area contributed by atoms with Crippen molar-refractivity contribution in [2.45, 2.75) is 6.92 Å². The Bertz CT molecular complexity index is 307. The second kappa shape index (κ2) is 3.67. The van der Waals surface area contributed by atoms with Crippen LogP contribution in [0.15, 0.2) is 31.0 Å². The van der Waals surface area contributed by atoms with E-state index >= 15 is 0 Å². The number of pyridine rings is 1. The lowest BCUT2D eigenvalue weighted by molar-refractivity contribution is -0.111. The molecule has 0 spiro atoms. The molecular formula is C9H10N2O. The van der Waals surface area contributed by atoms with Gasteiger partial charge in [0, 0.05) is 6.20 Å². The highest BCUT2D eigenvalue weighted by Gasteiger charge is 1.96. The van der Waals surface area contributed by atoms with Gasteiger partial charge in [-0.3, -0.25) is 4.79 Å². The molecule has 0 radical (unpaired) electrons. The number of carbonyl (C=O) groups is 1. The van der Waals surface area contributed by atoms with E-state index in [0.29, 0.717) is 5.82 Å². The molecule has 0 aliphatic rings. The Morgan fingerprint density at radius 1 is 1.75 bits per heavy atom. The van der Waals surface area contributed by atoms with E-state index in [2.05, 4.69) is 16.9 Å². The largest absolute Gasteiger partial charge is 0.307 e. The molecule has 0 aliphatic carbocycles. The number of hydrogen-bond donors (Lipinski definition) is 1. The summed E-state index contributed by atoms with van der Waals surface area (Å²) in [5.74, 6) is 0.313. The molecule has 0 fully saturated rings. The number of carbonyl (C=O) groups excluding carboxylic acids is 1. The molecule has 0 saturated carbocycles. The molecule has 1 aromatic heterocycles. The normalized spacial score (nSPS) is 9.08. The fourth-order valence-electron chi connectivity index (χ4n) is 0.782. The molecule has 62 valence electrons. The summed E-state index contributed by atoms with van der Waals surface area (Å²) >= 11 is 0. The molecule has 1 heterocycles. The maximum atomic E-state index is 10.8. The molecule has 0 aromatic carbocycles. The Hall–Kier alpha value is -1.64. The van der Waals surface area contributed by atoms with Gasteiger partial charge in [0.2, 0.25) is 5.91 Å². The first-order valence-corrected chi connectivity index (χ1v) is 3.58. The van der Waals surface area contributed by atoms with Crippen molar-refractivity contribution >= 4 is 11.7 Å². The third-order valence-electron chi connectivity index (χ3n) is 1.35. The Morgan fingerprint density at radius 2 is 2.50 bits per heavy atom. The number of nitrogens with one attached hydrogen (secondary N) is 1. The van der Waals surface area contributed by atoms with E-state index in [1.807, 2.05) is 13.0 Å². The van der Waals surface area contributed by atoms with Gasteiger partial charge >= 0.3 is 0 Å². The van der Waals surface area contributed by atoms with E-state index in [-0.39, 0.29) is 5.91 Å². The second-order valence-electron chi connectivity index (χ2n) is 2.41. The third kappa shape index (κ3) is 2.20. The highest BCUT2D eigenvalue weighted by atomic mass is 16.1. The Labute approximate surface area is 71.1 Å². The smallest absolute Gasteiger partial charge is 0.248 e. The minimum absolute atomic E-state index is 0.242. The Balaban J connectivity index is 2.76. The van der Waals surface area contributed by atoms with Crippen molar-refractivity contribution in [3.8, 4) is 0 Å². The number of rotatable bonds is 2. The summed E-state index contributed by atoms with van der Waals surface area (Å²) in [7, 11) is 0. The van der Waals surface area contributed by atoms with Crippen molar-refractivity contribution in [1.29, 1.82) is 0 Å². The van der Waals surface area contributed by atoms with Crippen LogP contribution >= 0.6 is 0 Å². The Kier molecular flexibility index (Phi) is 2.58. The number of amides is 1. The number of anilines is 1. The second-order valence-corrected chi connectivity index (χ2v) is 2.41. The minimum atomic E-state index is -0.242. The van der Waals surface area contributed by atoms with Gasteiger partial charge in [-0.25, -0.2) is 4.98 Å². The molecule has 12 heavy (non-hydrogen) atoms. The lowest BCUT2D eigenvalue weighted by Crippen LogP contribution is -2.08. The molecule has 3 nitrogen and oxygen atoms in total. The van der Waals surface area contributed by atoms with Gasteiger partial charge in [0.15, 0.2) is 0 Å². The van der Waals surface area contributed by atoms with Crippen molar-refractivity contribution in [2.24, 2.45) is 0 Å². The van der Waals surface area contributed by atoms with Crippen molar-refractivity contribution in [2.75, 3.05) is 5.32 Å².